The van der Waals surface area contributed by atoms with E-state index in [1.54, 1.807) is 0 Å². The molecular formula is C18H23N3O. The van der Waals surface area contributed by atoms with Gasteiger partial charge in [-0.2, -0.15) is 0 Å². The van der Waals surface area contributed by atoms with Gasteiger partial charge in [-0.1, -0.05) is 12.1 Å². The van der Waals surface area contributed by atoms with Crippen LogP contribution in [-0.4, -0.2) is 26.5 Å². The van der Waals surface area contributed by atoms with E-state index in [0.717, 1.165) is 17.1 Å². The van der Waals surface area contributed by atoms with Crippen LogP contribution < -0.4 is 15.5 Å². The van der Waals surface area contributed by atoms with Crippen molar-refractivity contribution in [2.24, 2.45) is 0 Å². The Hall–Kier alpha value is -2.49. The SMILES string of the molecule is Cc1cccc(NCC(=O)Nc2ccc(N(C)C)cc2)c1C. The summed E-state index contributed by atoms with van der Waals surface area (Å²) in [5, 5.41) is 6.08. The number of amides is 1. The Morgan fingerprint density at radius 3 is 2.36 bits per heavy atom. The van der Waals surface area contributed by atoms with Gasteiger partial charge in [-0.15, -0.1) is 0 Å². The Balaban J connectivity index is 1.91. The average molecular weight is 297 g/mol. The minimum absolute atomic E-state index is 0.0569. The fraction of sp³-hybridized carbons (Fsp3) is 0.278. The summed E-state index contributed by atoms with van der Waals surface area (Å²) in [6.45, 7) is 4.36. The maximum atomic E-state index is 12.0. The first kappa shape index (κ1) is 15.9. The van der Waals surface area contributed by atoms with E-state index < -0.39 is 0 Å². The maximum absolute atomic E-state index is 12.0. The second kappa shape index (κ2) is 6.98. The highest BCUT2D eigenvalue weighted by Crippen LogP contribution is 2.18. The molecule has 0 aromatic heterocycles. The molecule has 2 rings (SSSR count). The largest absolute Gasteiger partial charge is 0.378 e. The summed E-state index contributed by atoms with van der Waals surface area (Å²) in [6, 6.07) is 13.8. The summed E-state index contributed by atoms with van der Waals surface area (Å²) < 4.78 is 0. The first-order valence-electron chi connectivity index (χ1n) is 7.34. The number of anilines is 3. The lowest BCUT2D eigenvalue weighted by atomic mass is 10.1. The van der Waals surface area contributed by atoms with E-state index in [0.29, 0.717) is 0 Å². The summed E-state index contributed by atoms with van der Waals surface area (Å²) in [5.41, 5.74) is 5.29. The molecule has 0 radical (unpaired) electrons. The van der Waals surface area contributed by atoms with E-state index in [-0.39, 0.29) is 12.5 Å². The summed E-state index contributed by atoms with van der Waals surface area (Å²) in [7, 11) is 3.98. The predicted molar refractivity (Wildman–Crippen MR) is 93.8 cm³/mol. The zero-order valence-electron chi connectivity index (χ0n) is 13.6. The van der Waals surface area contributed by atoms with Gasteiger partial charge in [0.1, 0.15) is 0 Å². The standard InChI is InChI=1S/C18H23N3O/c1-13-6-5-7-17(14(13)2)19-12-18(22)20-15-8-10-16(11-9-15)21(3)4/h5-11,19H,12H2,1-4H3,(H,20,22). The van der Waals surface area contributed by atoms with Crippen molar-refractivity contribution in [2.75, 3.05) is 36.2 Å². The zero-order valence-corrected chi connectivity index (χ0v) is 13.6. The van der Waals surface area contributed by atoms with Gasteiger partial charge in [-0.05, 0) is 55.3 Å². The molecule has 0 aliphatic carbocycles. The van der Waals surface area contributed by atoms with Crippen molar-refractivity contribution in [3.05, 3.63) is 53.6 Å². The van der Waals surface area contributed by atoms with Gasteiger partial charge in [0.25, 0.3) is 0 Å². The molecule has 2 N–H and O–H groups in total. The fourth-order valence-electron chi connectivity index (χ4n) is 2.17. The highest BCUT2D eigenvalue weighted by atomic mass is 16.1. The van der Waals surface area contributed by atoms with Crippen LogP contribution >= 0.6 is 0 Å². The number of carbonyl (C=O) groups excluding carboxylic acids is 1. The van der Waals surface area contributed by atoms with Gasteiger partial charge in [-0.3, -0.25) is 4.79 Å². The van der Waals surface area contributed by atoms with Gasteiger partial charge < -0.3 is 15.5 Å². The van der Waals surface area contributed by atoms with Crippen molar-refractivity contribution in [1.82, 2.24) is 0 Å². The molecule has 22 heavy (non-hydrogen) atoms. The molecule has 116 valence electrons. The van der Waals surface area contributed by atoms with E-state index in [2.05, 4.69) is 30.5 Å². The first-order chi connectivity index (χ1) is 10.5. The van der Waals surface area contributed by atoms with E-state index in [4.69, 9.17) is 0 Å². The van der Waals surface area contributed by atoms with Crippen LogP contribution in [0.2, 0.25) is 0 Å². The van der Waals surface area contributed by atoms with Gasteiger partial charge in [-0.25, -0.2) is 0 Å². The van der Waals surface area contributed by atoms with Crippen molar-refractivity contribution >= 4 is 23.0 Å². The van der Waals surface area contributed by atoms with Gasteiger partial charge in [0.05, 0.1) is 6.54 Å². The molecule has 2 aromatic rings. The van der Waals surface area contributed by atoms with Crippen molar-refractivity contribution in [3.63, 3.8) is 0 Å². The van der Waals surface area contributed by atoms with Gasteiger partial charge >= 0.3 is 0 Å². The minimum atomic E-state index is -0.0569. The van der Waals surface area contributed by atoms with Gasteiger partial charge in [0, 0.05) is 31.2 Å². The molecule has 4 nitrogen and oxygen atoms in total. The Labute approximate surface area is 132 Å². The van der Waals surface area contributed by atoms with Crippen molar-refractivity contribution in [3.8, 4) is 0 Å². The Morgan fingerprint density at radius 2 is 1.73 bits per heavy atom. The fourth-order valence-corrected chi connectivity index (χ4v) is 2.17. The van der Waals surface area contributed by atoms with E-state index in [1.807, 2.05) is 55.4 Å². The Kier molecular flexibility index (Phi) is 5.04. The molecular weight excluding hydrogens is 274 g/mol. The second-order valence-electron chi connectivity index (χ2n) is 5.59. The molecule has 0 unspecified atom stereocenters. The van der Waals surface area contributed by atoms with Crippen LogP contribution in [0.3, 0.4) is 0 Å². The van der Waals surface area contributed by atoms with Crippen molar-refractivity contribution < 1.29 is 4.79 Å². The number of aryl methyl sites for hydroxylation is 1. The number of rotatable bonds is 5. The highest BCUT2D eigenvalue weighted by molar-refractivity contribution is 5.94. The van der Waals surface area contributed by atoms with Gasteiger partial charge in [0.2, 0.25) is 5.91 Å². The summed E-state index contributed by atoms with van der Waals surface area (Å²) in [4.78, 5) is 14.0. The normalized spacial score (nSPS) is 10.2. The number of benzene rings is 2. The molecule has 0 spiro atoms. The third-order valence-corrected chi connectivity index (χ3v) is 3.71. The number of nitrogens with zero attached hydrogens (tertiary/aromatic N) is 1. The third-order valence-electron chi connectivity index (χ3n) is 3.71. The maximum Gasteiger partial charge on any atom is 0.243 e. The molecule has 0 heterocycles. The number of nitrogens with one attached hydrogen (secondary N) is 2. The lowest BCUT2D eigenvalue weighted by Crippen LogP contribution is -2.22. The summed E-state index contributed by atoms with van der Waals surface area (Å²) in [6.07, 6.45) is 0. The molecule has 0 bridgehead atoms. The van der Waals surface area contributed by atoms with E-state index >= 15 is 0 Å². The van der Waals surface area contributed by atoms with Crippen LogP contribution in [0.1, 0.15) is 11.1 Å². The topological polar surface area (TPSA) is 44.4 Å². The van der Waals surface area contributed by atoms with Crippen LogP contribution in [0, 0.1) is 13.8 Å². The van der Waals surface area contributed by atoms with E-state index in [9.17, 15) is 4.79 Å². The molecule has 0 aliphatic rings. The summed E-state index contributed by atoms with van der Waals surface area (Å²) >= 11 is 0. The second-order valence-corrected chi connectivity index (χ2v) is 5.59. The van der Waals surface area contributed by atoms with Crippen LogP contribution in [0.5, 0.6) is 0 Å². The monoisotopic (exact) mass is 297 g/mol. The zero-order chi connectivity index (χ0) is 16.1. The molecule has 0 aliphatic heterocycles. The molecule has 0 saturated carbocycles. The average Bonchev–Trinajstić information content (AvgIpc) is 2.49. The molecule has 0 fully saturated rings. The van der Waals surface area contributed by atoms with Crippen LogP contribution in [0.4, 0.5) is 17.1 Å². The highest BCUT2D eigenvalue weighted by Gasteiger charge is 2.05. The van der Waals surface area contributed by atoms with Gasteiger partial charge in [0.15, 0.2) is 0 Å². The Morgan fingerprint density at radius 1 is 1.05 bits per heavy atom. The lowest BCUT2D eigenvalue weighted by molar-refractivity contribution is -0.114. The lowest BCUT2D eigenvalue weighted by Gasteiger charge is -2.14. The number of hydrogen-bond acceptors (Lipinski definition) is 3. The van der Waals surface area contributed by atoms with Crippen LogP contribution in [0.15, 0.2) is 42.5 Å². The molecule has 2 aromatic carbocycles. The van der Waals surface area contributed by atoms with Crippen LogP contribution in [-0.2, 0) is 4.79 Å². The third kappa shape index (κ3) is 4.01. The first-order valence-corrected chi connectivity index (χ1v) is 7.34. The molecule has 0 atom stereocenters. The minimum Gasteiger partial charge on any atom is -0.378 e. The quantitative estimate of drug-likeness (QED) is 0.889. The summed E-state index contributed by atoms with van der Waals surface area (Å²) in [5.74, 6) is -0.0569. The molecule has 1 amide bonds. The predicted octanol–water partition coefficient (Wildman–Crippen LogP) is 3.42. The van der Waals surface area contributed by atoms with Crippen LogP contribution in [0.25, 0.3) is 0 Å². The smallest absolute Gasteiger partial charge is 0.243 e. The number of hydrogen-bond donors (Lipinski definition) is 2. The number of carbonyl (C=O) groups is 1. The Bertz CT molecular complexity index is 648. The molecule has 0 saturated heterocycles. The van der Waals surface area contributed by atoms with Crippen molar-refractivity contribution in [1.29, 1.82) is 0 Å². The van der Waals surface area contributed by atoms with Crippen molar-refractivity contribution in [2.45, 2.75) is 13.8 Å². The molecule has 4 heteroatoms. The van der Waals surface area contributed by atoms with E-state index in [1.165, 1.54) is 11.1 Å².